The van der Waals surface area contributed by atoms with Crippen LogP contribution in [0.5, 0.6) is 0 Å². The molecule has 15 nitrogen and oxygen atoms in total. The van der Waals surface area contributed by atoms with Crippen LogP contribution in [0.1, 0.15) is 116 Å². The number of para-hydroxylation sites is 9. The van der Waals surface area contributed by atoms with Gasteiger partial charge < -0.3 is 71.1 Å². The maximum absolute atomic E-state index is 8.72. The lowest BCUT2D eigenvalue weighted by Crippen LogP contribution is -2.42. The summed E-state index contributed by atoms with van der Waals surface area (Å²) in [5.74, 6) is 0. The first-order chi connectivity index (χ1) is 60.9. The van der Waals surface area contributed by atoms with Crippen molar-refractivity contribution in [3.63, 3.8) is 0 Å². The molecule has 0 unspecified atom stereocenters. The predicted molar refractivity (Wildman–Crippen MR) is 499 cm³/mol. The minimum Gasteiger partial charge on any atom is -0.454 e. The van der Waals surface area contributed by atoms with E-state index < -0.39 is 32.0 Å². The summed E-state index contributed by atoms with van der Waals surface area (Å²) in [5, 5.41) is 11.0. The molecule has 0 saturated carbocycles. The van der Waals surface area contributed by atoms with Crippen LogP contribution in [0.3, 0.4) is 0 Å². The van der Waals surface area contributed by atoms with Gasteiger partial charge in [0.25, 0.3) is 0 Å². The highest BCUT2D eigenvalue weighted by atomic mass is 16.3. The molecule has 22 rings (SSSR count). The van der Waals surface area contributed by atoms with Crippen LogP contribution in [0.15, 0.2) is 290 Å². The van der Waals surface area contributed by atoms with Gasteiger partial charge in [-0.2, -0.15) is 0 Å². The Balaban J connectivity index is 0.000000108. The van der Waals surface area contributed by atoms with Gasteiger partial charge in [-0.25, -0.2) is 0 Å². The number of nitrogens with zero attached hydrogens (tertiary/aromatic N) is 10. The Bertz CT molecular complexity index is 6690. The molecule has 5 atom stereocenters. The van der Waals surface area contributed by atoms with Crippen molar-refractivity contribution in [2.75, 3.05) is 48.3 Å². The quantitative estimate of drug-likeness (QED) is 0.144. The third kappa shape index (κ3) is 13.0. The molecular weight excluding hydrogens is 1470 g/mol. The summed E-state index contributed by atoms with van der Waals surface area (Å²) < 4.78 is 104. The SMILES string of the molecule is [2H]C(C)(C)N1C=CN(c2c(C)ccc3c2oc2ccccc23)[C@H]1C.[2H]C(C)(C)N1C=CN(c2c(C)ccc3c2oc2ccccc23)[C@H]1C.[2H]C(C)(C)N1c2ccccc2N(c2c(C)ccc3c2oc2ccccc23)[C@H]1C.[2H]C([2H])([2H])N1C=CN(c2c(C)ccc3c2oc2ccccc23)[C@H]1C.[2H]C([2H])([2H])N1c2ccccc2N(c2c(C)ccc3c2oc2ccccc23)[C@H]1C. The number of fused-ring (bicyclic) bond motifs is 17. The molecule has 17 aromatic rings. The number of hydrogen-bond acceptors (Lipinski definition) is 15. The minimum absolute atomic E-state index is 0.00223. The van der Waals surface area contributed by atoms with Crippen LogP contribution in [0.25, 0.3) is 110 Å². The smallest absolute Gasteiger partial charge is 0.159 e. The topological polar surface area (TPSA) is 98.1 Å². The molecule has 12 aromatic carbocycles. The van der Waals surface area contributed by atoms with Crippen LogP contribution >= 0.6 is 0 Å². The number of furan rings is 5. The Morgan fingerprint density at radius 1 is 0.269 bits per heavy atom. The van der Waals surface area contributed by atoms with Gasteiger partial charge >= 0.3 is 0 Å². The summed E-state index contributed by atoms with van der Waals surface area (Å²) in [4.78, 5) is 19.9. The number of aryl methyl sites for hydroxylation is 5. The van der Waals surface area contributed by atoms with Gasteiger partial charge in [0.2, 0.25) is 0 Å². The lowest BCUT2D eigenvalue weighted by Gasteiger charge is -2.33. The lowest BCUT2D eigenvalue weighted by molar-refractivity contribution is 0.263. The van der Waals surface area contributed by atoms with Gasteiger partial charge in [0.15, 0.2) is 27.9 Å². The normalized spacial score (nSPS) is 19.1. The highest BCUT2D eigenvalue weighted by molar-refractivity contribution is 6.15. The zero-order valence-electron chi connectivity index (χ0n) is 79.3. The average molecular weight is 1590 g/mol. The summed E-state index contributed by atoms with van der Waals surface area (Å²) in [7, 11) is 0. The lowest BCUT2D eigenvalue weighted by atomic mass is 10.1. The second kappa shape index (κ2) is 30.7. The standard InChI is InChI=1S/C24H24N2O.C22H20N2O.2C20H22N2O.C18H18N2O/c1-15(2)25-17(4)26(21-11-7-6-10-20(21)25)23-16(3)13-14-19-18-9-5-8-12-22(18)27-24(19)23;1-14-12-13-17-16-8-4-7-11-20(16)25-22(17)21(14)24-15(2)23(3)18-9-5-6-10-19(18)24;2*1-13(2)21-11-12-22(15(21)4)19-14(3)9-10-17-16-7-5-6-8-18(16)23-20(17)19;1-12-8-9-15-14-6-4-5-7-16(14)21-18(15)17(12)20-11-10-19(3)13(20)2/h5-15,17H,1-4H3;4-13,15H,1-3H3;2*5-13,15H,1-4H3;4-11,13H,1-3H3/t17-;3*15-;13-/m00000/s1/i15D;3D3;2*13D;3D3. The van der Waals surface area contributed by atoms with E-state index in [4.69, 9.17) is 34.4 Å². The molecule has 5 aromatic heterocycles. The van der Waals surface area contributed by atoms with Crippen molar-refractivity contribution in [3.05, 3.63) is 296 Å². The van der Waals surface area contributed by atoms with Crippen molar-refractivity contribution in [1.29, 1.82) is 0 Å². The van der Waals surface area contributed by atoms with E-state index in [0.29, 0.717) is 5.69 Å². The molecule has 5 aliphatic rings. The molecule has 5 aliphatic heterocycles. The fourth-order valence-corrected chi connectivity index (χ4v) is 18.3. The molecule has 0 N–H and O–H groups in total. The first-order valence-corrected chi connectivity index (χ1v) is 41.0. The van der Waals surface area contributed by atoms with Gasteiger partial charge in [-0.1, -0.05) is 176 Å². The second-order valence-corrected chi connectivity index (χ2v) is 32.3. The third-order valence-electron chi connectivity index (χ3n) is 24.3. The zero-order valence-corrected chi connectivity index (χ0v) is 70.3. The Morgan fingerprint density at radius 2 is 0.555 bits per heavy atom. The maximum atomic E-state index is 8.72. The van der Waals surface area contributed by atoms with Gasteiger partial charge in [-0.15, -0.1) is 0 Å². The molecule has 602 valence electrons. The van der Waals surface area contributed by atoms with E-state index in [9.17, 15) is 0 Å². The molecule has 0 radical (unpaired) electrons. The van der Waals surface area contributed by atoms with Crippen LogP contribution in [0.2, 0.25) is 0 Å². The Labute approximate surface area is 709 Å². The zero-order chi connectivity index (χ0) is 90.4. The molecule has 0 spiro atoms. The highest BCUT2D eigenvalue weighted by Gasteiger charge is 2.39. The van der Waals surface area contributed by atoms with Gasteiger partial charge in [0.1, 0.15) is 58.7 Å². The number of rotatable bonds is 8. The average Bonchev–Trinajstić information content (AvgIpc) is 1.57. The van der Waals surface area contributed by atoms with Crippen molar-refractivity contribution >= 4 is 161 Å². The van der Waals surface area contributed by atoms with E-state index in [1.807, 2.05) is 224 Å². The second-order valence-electron chi connectivity index (χ2n) is 32.3. The van der Waals surface area contributed by atoms with E-state index in [1.165, 1.54) is 20.9 Å². The van der Waals surface area contributed by atoms with E-state index in [-0.39, 0.29) is 30.8 Å². The van der Waals surface area contributed by atoms with Crippen LogP contribution < -0.4 is 34.3 Å². The molecule has 15 heteroatoms. The van der Waals surface area contributed by atoms with Gasteiger partial charge in [0, 0.05) is 131 Å². The fraction of sp³-hybridized carbons (Fsp3) is 0.250. The summed E-state index contributed by atoms with van der Waals surface area (Å²) in [6.07, 6.45) is 11.0. The number of hydrogen-bond donors (Lipinski definition) is 0. The van der Waals surface area contributed by atoms with Crippen molar-refractivity contribution < 1.29 is 34.4 Å². The monoisotopic (exact) mass is 1580 g/mol. The molecule has 119 heavy (non-hydrogen) atoms. The van der Waals surface area contributed by atoms with Crippen molar-refractivity contribution in [3.8, 4) is 0 Å². The summed E-state index contributed by atoms with van der Waals surface area (Å²) in [5.41, 5.74) is 23.2. The van der Waals surface area contributed by atoms with Gasteiger partial charge in [0.05, 0.1) is 55.3 Å². The largest absolute Gasteiger partial charge is 0.454 e. The summed E-state index contributed by atoms with van der Waals surface area (Å²) in [6, 6.07) is 75.5. The highest BCUT2D eigenvalue weighted by Crippen LogP contribution is 2.52. The number of anilines is 9. The molecule has 0 bridgehead atoms. The van der Waals surface area contributed by atoms with E-state index in [2.05, 4.69) is 188 Å². The minimum atomic E-state index is -2.24. The number of benzene rings is 12. The van der Waals surface area contributed by atoms with Crippen LogP contribution in [0, 0.1) is 34.6 Å². The maximum Gasteiger partial charge on any atom is 0.159 e. The van der Waals surface area contributed by atoms with Crippen molar-refractivity contribution in [2.24, 2.45) is 0 Å². The third-order valence-corrected chi connectivity index (χ3v) is 24.3. The molecular formula is C104H106N10O5. The van der Waals surface area contributed by atoms with Crippen LogP contribution in [-0.4, -0.2) is 77.5 Å². The Morgan fingerprint density at radius 3 is 0.874 bits per heavy atom. The molecule has 0 amide bonds. The van der Waals surface area contributed by atoms with E-state index in [1.54, 1.807) is 6.20 Å². The molecule has 0 fully saturated rings. The van der Waals surface area contributed by atoms with Gasteiger partial charge in [-0.05, 0) is 193 Å². The first kappa shape index (κ1) is 66.9. The summed E-state index contributed by atoms with van der Waals surface area (Å²) >= 11 is 0. The molecule has 10 heterocycles. The van der Waals surface area contributed by atoms with Gasteiger partial charge in [-0.3, -0.25) is 0 Å². The van der Waals surface area contributed by atoms with Crippen LogP contribution in [-0.2, 0) is 0 Å². The Hall–Kier alpha value is -13.1. The van der Waals surface area contributed by atoms with Crippen molar-refractivity contribution in [2.45, 2.75) is 160 Å². The fourth-order valence-electron chi connectivity index (χ4n) is 18.3. The van der Waals surface area contributed by atoms with E-state index >= 15 is 0 Å². The van der Waals surface area contributed by atoms with E-state index in [0.717, 1.165) is 172 Å². The van der Waals surface area contributed by atoms with Crippen molar-refractivity contribution in [1.82, 2.24) is 14.7 Å². The summed E-state index contributed by atoms with van der Waals surface area (Å²) in [6.45, 7) is 27.7. The molecule has 0 aliphatic carbocycles. The van der Waals surface area contributed by atoms with Crippen LogP contribution in [0.4, 0.5) is 51.2 Å². The first-order valence-electron chi connectivity index (χ1n) is 45.5. The Kier molecular flexibility index (Phi) is 17.3. The predicted octanol–water partition coefficient (Wildman–Crippen LogP) is 27.4. The molecule has 0 saturated heterocycles.